The van der Waals surface area contributed by atoms with Gasteiger partial charge in [0, 0.05) is 16.6 Å². The van der Waals surface area contributed by atoms with E-state index in [1.165, 1.54) is 5.56 Å². The number of halogens is 1. The fourth-order valence-corrected chi connectivity index (χ4v) is 3.38. The fourth-order valence-electron chi connectivity index (χ4n) is 3.05. The topological polar surface area (TPSA) is 32.3 Å². The smallest absolute Gasteiger partial charge is 0.235 e. The maximum Gasteiger partial charge on any atom is 0.235 e. The van der Waals surface area contributed by atoms with Crippen LogP contribution in [0.15, 0.2) is 48.5 Å². The zero-order chi connectivity index (χ0) is 15.7. The Bertz CT molecular complexity index is 666. The highest BCUT2D eigenvalue weighted by Gasteiger charge is 2.36. The first-order chi connectivity index (χ1) is 10.6. The molecular formula is C18H19ClN2O. The van der Waals surface area contributed by atoms with Gasteiger partial charge in [0.25, 0.3) is 0 Å². The molecule has 0 saturated carbocycles. The largest absolute Gasteiger partial charge is 0.335 e. The van der Waals surface area contributed by atoms with E-state index in [2.05, 4.69) is 29.3 Å². The van der Waals surface area contributed by atoms with Crippen LogP contribution in [0.2, 0.25) is 5.02 Å². The SMILES string of the molecule is Cc1cccc(Cl)c1[C@H]1NC(=O)CN1[C@H](C)c1ccccc1. The number of carbonyl (C=O) groups is 1. The molecule has 1 fully saturated rings. The second-order valence-corrected chi connectivity index (χ2v) is 6.11. The summed E-state index contributed by atoms with van der Waals surface area (Å²) in [4.78, 5) is 14.2. The number of hydrogen-bond donors (Lipinski definition) is 1. The average molecular weight is 315 g/mol. The van der Waals surface area contributed by atoms with Crippen molar-refractivity contribution in [2.24, 2.45) is 0 Å². The van der Waals surface area contributed by atoms with Crippen LogP contribution in [-0.4, -0.2) is 17.4 Å². The van der Waals surface area contributed by atoms with E-state index in [-0.39, 0.29) is 18.1 Å². The first-order valence-corrected chi connectivity index (χ1v) is 7.81. The quantitative estimate of drug-likeness (QED) is 0.933. The van der Waals surface area contributed by atoms with Crippen molar-refractivity contribution in [3.63, 3.8) is 0 Å². The molecule has 1 heterocycles. The third-order valence-corrected chi connectivity index (χ3v) is 4.61. The molecule has 3 rings (SSSR count). The van der Waals surface area contributed by atoms with Gasteiger partial charge in [-0.05, 0) is 31.0 Å². The van der Waals surface area contributed by atoms with Crippen LogP contribution in [0.4, 0.5) is 0 Å². The second kappa shape index (κ2) is 6.11. The number of aryl methyl sites for hydroxylation is 1. The summed E-state index contributed by atoms with van der Waals surface area (Å²) in [5.41, 5.74) is 3.26. The molecular weight excluding hydrogens is 296 g/mol. The van der Waals surface area contributed by atoms with Crippen molar-refractivity contribution in [1.29, 1.82) is 0 Å². The second-order valence-electron chi connectivity index (χ2n) is 5.70. The lowest BCUT2D eigenvalue weighted by molar-refractivity contribution is -0.118. The van der Waals surface area contributed by atoms with E-state index < -0.39 is 0 Å². The van der Waals surface area contributed by atoms with Gasteiger partial charge < -0.3 is 5.32 Å². The van der Waals surface area contributed by atoms with Crippen molar-refractivity contribution in [2.45, 2.75) is 26.1 Å². The lowest BCUT2D eigenvalue weighted by Gasteiger charge is -2.31. The van der Waals surface area contributed by atoms with E-state index in [0.717, 1.165) is 11.1 Å². The Morgan fingerprint density at radius 1 is 1.18 bits per heavy atom. The van der Waals surface area contributed by atoms with Crippen LogP contribution < -0.4 is 5.32 Å². The summed E-state index contributed by atoms with van der Waals surface area (Å²) in [7, 11) is 0. The molecule has 114 valence electrons. The highest BCUT2D eigenvalue weighted by Crippen LogP contribution is 2.36. The minimum atomic E-state index is -0.184. The molecule has 2 aromatic carbocycles. The number of amides is 1. The molecule has 1 aliphatic heterocycles. The zero-order valence-corrected chi connectivity index (χ0v) is 13.5. The van der Waals surface area contributed by atoms with Crippen LogP contribution in [0.5, 0.6) is 0 Å². The number of rotatable bonds is 3. The minimum Gasteiger partial charge on any atom is -0.335 e. The third kappa shape index (κ3) is 2.74. The molecule has 1 saturated heterocycles. The highest BCUT2D eigenvalue weighted by atomic mass is 35.5. The van der Waals surface area contributed by atoms with Crippen molar-refractivity contribution < 1.29 is 4.79 Å². The molecule has 4 heteroatoms. The molecule has 2 atom stereocenters. The van der Waals surface area contributed by atoms with Crippen LogP contribution in [0.3, 0.4) is 0 Å². The van der Waals surface area contributed by atoms with Crippen molar-refractivity contribution in [3.05, 3.63) is 70.2 Å². The predicted octanol–water partition coefficient (Wildman–Crippen LogP) is 3.84. The van der Waals surface area contributed by atoms with Gasteiger partial charge in [-0.25, -0.2) is 0 Å². The van der Waals surface area contributed by atoms with E-state index in [1.54, 1.807) is 0 Å². The Morgan fingerprint density at radius 2 is 1.91 bits per heavy atom. The monoisotopic (exact) mass is 314 g/mol. The molecule has 1 aliphatic rings. The maximum atomic E-state index is 12.0. The van der Waals surface area contributed by atoms with Crippen LogP contribution >= 0.6 is 11.6 Å². The Kier molecular flexibility index (Phi) is 4.19. The summed E-state index contributed by atoms with van der Waals surface area (Å²) in [6.07, 6.45) is -0.184. The van der Waals surface area contributed by atoms with Gasteiger partial charge in [-0.3, -0.25) is 9.69 Å². The van der Waals surface area contributed by atoms with Crippen LogP contribution in [0, 0.1) is 6.92 Å². The number of nitrogens with one attached hydrogen (secondary N) is 1. The Morgan fingerprint density at radius 3 is 2.59 bits per heavy atom. The van der Waals surface area contributed by atoms with Crippen molar-refractivity contribution in [1.82, 2.24) is 10.2 Å². The van der Waals surface area contributed by atoms with E-state index >= 15 is 0 Å². The summed E-state index contributed by atoms with van der Waals surface area (Å²) >= 11 is 6.40. The standard InChI is InChI=1S/C18H19ClN2O/c1-12-7-6-10-15(19)17(12)18-20-16(22)11-21(18)13(2)14-8-4-3-5-9-14/h3-10,13,18H,11H2,1-2H3,(H,20,22)/t13-,18+/m1/s1. The number of benzene rings is 2. The molecule has 0 radical (unpaired) electrons. The highest BCUT2D eigenvalue weighted by molar-refractivity contribution is 6.31. The molecule has 2 aromatic rings. The number of nitrogens with zero attached hydrogens (tertiary/aromatic N) is 1. The normalized spacial score (nSPS) is 20.0. The van der Waals surface area contributed by atoms with Gasteiger partial charge in [-0.2, -0.15) is 0 Å². The molecule has 0 unspecified atom stereocenters. The Hall–Kier alpha value is -1.84. The van der Waals surface area contributed by atoms with Gasteiger partial charge in [-0.1, -0.05) is 54.1 Å². The van der Waals surface area contributed by atoms with Gasteiger partial charge in [0.15, 0.2) is 0 Å². The van der Waals surface area contributed by atoms with Gasteiger partial charge in [0.2, 0.25) is 5.91 Å². The Labute approximate surface area is 135 Å². The van der Waals surface area contributed by atoms with Crippen LogP contribution in [0.1, 0.15) is 35.8 Å². The minimum absolute atomic E-state index is 0.0344. The van der Waals surface area contributed by atoms with E-state index in [4.69, 9.17) is 11.6 Å². The summed E-state index contributed by atoms with van der Waals surface area (Å²) in [6, 6.07) is 16.2. The molecule has 1 N–H and O–H groups in total. The summed E-state index contributed by atoms with van der Waals surface area (Å²) in [5.74, 6) is 0.0344. The lowest BCUT2D eigenvalue weighted by Crippen LogP contribution is -2.31. The number of hydrogen-bond acceptors (Lipinski definition) is 2. The van der Waals surface area contributed by atoms with Gasteiger partial charge >= 0.3 is 0 Å². The van der Waals surface area contributed by atoms with Gasteiger partial charge in [0.05, 0.1) is 6.54 Å². The Balaban J connectivity index is 1.98. The molecule has 0 spiro atoms. The first-order valence-electron chi connectivity index (χ1n) is 7.43. The number of carbonyl (C=O) groups excluding carboxylic acids is 1. The third-order valence-electron chi connectivity index (χ3n) is 4.28. The van der Waals surface area contributed by atoms with Crippen LogP contribution in [0.25, 0.3) is 0 Å². The molecule has 0 aliphatic carbocycles. The molecule has 22 heavy (non-hydrogen) atoms. The van der Waals surface area contributed by atoms with Gasteiger partial charge in [-0.15, -0.1) is 0 Å². The predicted molar refractivity (Wildman–Crippen MR) is 88.6 cm³/mol. The first kappa shape index (κ1) is 15.1. The lowest BCUT2D eigenvalue weighted by atomic mass is 10.0. The maximum absolute atomic E-state index is 12.0. The average Bonchev–Trinajstić information content (AvgIpc) is 2.89. The summed E-state index contributed by atoms with van der Waals surface area (Å²) in [5, 5.41) is 3.75. The van der Waals surface area contributed by atoms with Crippen molar-refractivity contribution in [3.8, 4) is 0 Å². The van der Waals surface area contributed by atoms with E-state index in [9.17, 15) is 4.79 Å². The molecule has 3 nitrogen and oxygen atoms in total. The van der Waals surface area contributed by atoms with Crippen molar-refractivity contribution >= 4 is 17.5 Å². The zero-order valence-electron chi connectivity index (χ0n) is 12.7. The fraction of sp³-hybridized carbons (Fsp3) is 0.278. The molecule has 1 amide bonds. The van der Waals surface area contributed by atoms with E-state index in [1.807, 2.05) is 43.3 Å². The molecule has 0 bridgehead atoms. The summed E-state index contributed by atoms with van der Waals surface area (Å²) < 4.78 is 0. The van der Waals surface area contributed by atoms with Gasteiger partial charge in [0.1, 0.15) is 6.17 Å². The van der Waals surface area contributed by atoms with Crippen molar-refractivity contribution in [2.75, 3.05) is 6.54 Å². The summed E-state index contributed by atoms with van der Waals surface area (Å²) in [6.45, 7) is 4.53. The van der Waals surface area contributed by atoms with E-state index in [0.29, 0.717) is 11.6 Å². The molecule has 0 aromatic heterocycles. The van der Waals surface area contributed by atoms with Crippen LogP contribution in [-0.2, 0) is 4.79 Å².